The minimum atomic E-state index is -0.783. The molecular formula is C11H11F2N3O. The lowest BCUT2D eigenvalue weighted by molar-refractivity contribution is 0.406. The van der Waals surface area contributed by atoms with Crippen LogP contribution in [0.15, 0.2) is 24.5 Å². The molecule has 0 saturated heterocycles. The van der Waals surface area contributed by atoms with E-state index >= 15 is 0 Å². The first-order valence-electron chi connectivity index (χ1n) is 4.94. The molecule has 0 saturated carbocycles. The highest BCUT2D eigenvalue weighted by atomic mass is 19.1. The van der Waals surface area contributed by atoms with E-state index in [1.165, 1.54) is 17.1 Å². The van der Waals surface area contributed by atoms with Crippen molar-refractivity contribution in [3.63, 3.8) is 0 Å². The Morgan fingerprint density at radius 1 is 1.35 bits per heavy atom. The summed E-state index contributed by atoms with van der Waals surface area (Å²) in [7, 11) is 1.68. The second-order valence-corrected chi connectivity index (χ2v) is 3.54. The fourth-order valence-corrected chi connectivity index (χ4v) is 1.40. The molecule has 0 aliphatic heterocycles. The van der Waals surface area contributed by atoms with E-state index in [0.717, 1.165) is 12.1 Å². The van der Waals surface area contributed by atoms with Gasteiger partial charge in [0.25, 0.3) is 0 Å². The van der Waals surface area contributed by atoms with Gasteiger partial charge < -0.3 is 10.5 Å². The molecular weight excluding hydrogens is 228 g/mol. The molecule has 2 rings (SSSR count). The highest BCUT2D eigenvalue weighted by Crippen LogP contribution is 2.28. The van der Waals surface area contributed by atoms with E-state index in [-0.39, 0.29) is 12.3 Å². The number of benzene rings is 1. The van der Waals surface area contributed by atoms with Gasteiger partial charge in [-0.2, -0.15) is 5.10 Å². The van der Waals surface area contributed by atoms with E-state index in [2.05, 4.69) is 5.10 Å². The van der Waals surface area contributed by atoms with Crippen LogP contribution in [0, 0.1) is 11.6 Å². The summed E-state index contributed by atoms with van der Waals surface area (Å²) in [6.45, 7) is 0.0704. The highest BCUT2D eigenvalue weighted by molar-refractivity contribution is 5.34. The monoisotopic (exact) mass is 239 g/mol. The van der Waals surface area contributed by atoms with E-state index in [1.54, 1.807) is 7.05 Å². The largest absolute Gasteiger partial charge is 0.448 e. The van der Waals surface area contributed by atoms with Crippen molar-refractivity contribution in [1.29, 1.82) is 0 Å². The van der Waals surface area contributed by atoms with Gasteiger partial charge in [-0.1, -0.05) is 0 Å². The van der Waals surface area contributed by atoms with Crippen LogP contribution in [0.25, 0.3) is 0 Å². The van der Waals surface area contributed by atoms with E-state index < -0.39 is 17.4 Å². The number of aryl methyl sites for hydroxylation is 1. The average Bonchev–Trinajstić information content (AvgIpc) is 2.69. The number of aromatic nitrogens is 2. The van der Waals surface area contributed by atoms with Crippen LogP contribution < -0.4 is 10.5 Å². The molecule has 0 bridgehead atoms. The summed E-state index contributed by atoms with van der Waals surface area (Å²) >= 11 is 0. The van der Waals surface area contributed by atoms with Crippen molar-refractivity contribution in [2.45, 2.75) is 6.54 Å². The van der Waals surface area contributed by atoms with Crippen LogP contribution in [0.3, 0.4) is 0 Å². The summed E-state index contributed by atoms with van der Waals surface area (Å²) in [6, 6.07) is 2.30. The van der Waals surface area contributed by atoms with Crippen molar-refractivity contribution < 1.29 is 13.5 Å². The molecule has 0 spiro atoms. The summed E-state index contributed by atoms with van der Waals surface area (Å²) in [5.74, 6) is -1.75. The second-order valence-electron chi connectivity index (χ2n) is 3.54. The van der Waals surface area contributed by atoms with Gasteiger partial charge in [-0.3, -0.25) is 4.68 Å². The predicted molar refractivity (Wildman–Crippen MR) is 57.5 cm³/mol. The van der Waals surface area contributed by atoms with Gasteiger partial charge in [0.1, 0.15) is 0 Å². The number of nitrogens with two attached hydrogens (primary N) is 1. The van der Waals surface area contributed by atoms with E-state index in [4.69, 9.17) is 10.5 Å². The molecule has 1 aromatic heterocycles. The molecule has 0 aliphatic rings. The molecule has 0 fully saturated rings. The van der Waals surface area contributed by atoms with Gasteiger partial charge in [-0.05, 0) is 17.7 Å². The number of hydrogen-bond donors (Lipinski definition) is 1. The molecule has 0 unspecified atom stereocenters. The molecule has 0 atom stereocenters. The molecule has 6 heteroatoms. The first-order chi connectivity index (χ1) is 8.10. The minimum Gasteiger partial charge on any atom is -0.448 e. The lowest BCUT2D eigenvalue weighted by atomic mass is 10.2. The third-order valence-electron chi connectivity index (χ3n) is 2.19. The van der Waals surface area contributed by atoms with Crippen LogP contribution in [0.1, 0.15) is 5.56 Å². The Hall–Kier alpha value is -1.95. The minimum absolute atomic E-state index is 0.0704. The standard InChI is InChI=1S/C11H11F2N3O/c1-16-6-8(5-15-16)17-11-9(12)2-7(4-14)3-10(11)13/h2-3,5-6H,4,14H2,1H3. The van der Waals surface area contributed by atoms with Gasteiger partial charge in [-0.25, -0.2) is 8.78 Å². The smallest absolute Gasteiger partial charge is 0.198 e. The maximum atomic E-state index is 13.5. The quantitative estimate of drug-likeness (QED) is 0.890. The Balaban J connectivity index is 2.33. The normalized spacial score (nSPS) is 10.6. The molecule has 2 N–H and O–H groups in total. The molecule has 0 amide bonds. The Morgan fingerprint density at radius 2 is 2.00 bits per heavy atom. The first-order valence-corrected chi connectivity index (χ1v) is 4.94. The van der Waals surface area contributed by atoms with Crippen molar-refractivity contribution in [2.24, 2.45) is 12.8 Å². The summed E-state index contributed by atoms with van der Waals surface area (Å²) in [4.78, 5) is 0. The molecule has 17 heavy (non-hydrogen) atoms. The SMILES string of the molecule is Cn1cc(Oc2c(F)cc(CN)cc2F)cn1. The maximum Gasteiger partial charge on any atom is 0.198 e. The van der Waals surface area contributed by atoms with Gasteiger partial charge in [0.2, 0.25) is 0 Å². The van der Waals surface area contributed by atoms with Crippen LogP contribution in [0.5, 0.6) is 11.5 Å². The van der Waals surface area contributed by atoms with E-state index in [0.29, 0.717) is 5.56 Å². The van der Waals surface area contributed by atoms with Crippen LogP contribution in [-0.4, -0.2) is 9.78 Å². The van der Waals surface area contributed by atoms with Gasteiger partial charge in [0.15, 0.2) is 23.1 Å². The lowest BCUT2D eigenvalue weighted by Crippen LogP contribution is -2.00. The zero-order chi connectivity index (χ0) is 12.4. The first kappa shape index (κ1) is 11.5. The molecule has 0 aliphatic carbocycles. The molecule has 90 valence electrons. The van der Waals surface area contributed by atoms with Gasteiger partial charge >= 0.3 is 0 Å². The van der Waals surface area contributed by atoms with Crippen molar-refractivity contribution in [3.05, 3.63) is 41.7 Å². The molecule has 1 heterocycles. The number of nitrogens with zero attached hydrogens (tertiary/aromatic N) is 2. The fourth-order valence-electron chi connectivity index (χ4n) is 1.40. The Kier molecular flexibility index (Phi) is 3.06. The Labute approximate surface area is 96.6 Å². The van der Waals surface area contributed by atoms with Crippen LogP contribution in [0.2, 0.25) is 0 Å². The number of hydrogen-bond acceptors (Lipinski definition) is 3. The summed E-state index contributed by atoms with van der Waals surface area (Å²) in [5.41, 5.74) is 5.68. The molecule has 2 aromatic rings. The van der Waals surface area contributed by atoms with Crippen molar-refractivity contribution in [3.8, 4) is 11.5 Å². The number of ether oxygens (including phenoxy) is 1. The molecule has 4 nitrogen and oxygen atoms in total. The predicted octanol–water partition coefficient (Wildman–Crippen LogP) is 1.95. The van der Waals surface area contributed by atoms with Crippen LogP contribution in [-0.2, 0) is 13.6 Å². The fraction of sp³-hybridized carbons (Fsp3) is 0.182. The van der Waals surface area contributed by atoms with Crippen LogP contribution in [0.4, 0.5) is 8.78 Å². The lowest BCUT2D eigenvalue weighted by Gasteiger charge is -2.07. The third kappa shape index (κ3) is 2.42. The van der Waals surface area contributed by atoms with E-state index in [9.17, 15) is 8.78 Å². The Morgan fingerprint density at radius 3 is 2.47 bits per heavy atom. The third-order valence-corrected chi connectivity index (χ3v) is 2.19. The van der Waals surface area contributed by atoms with Crippen molar-refractivity contribution >= 4 is 0 Å². The summed E-state index contributed by atoms with van der Waals surface area (Å²) in [5, 5.41) is 3.83. The van der Waals surface area contributed by atoms with Crippen molar-refractivity contribution in [2.75, 3.05) is 0 Å². The maximum absolute atomic E-state index is 13.5. The average molecular weight is 239 g/mol. The van der Waals surface area contributed by atoms with Gasteiger partial charge in [0.05, 0.1) is 12.4 Å². The zero-order valence-corrected chi connectivity index (χ0v) is 9.15. The van der Waals surface area contributed by atoms with Gasteiger partial charge in [0, 0.05) is 13.6 Å². The highest BCUT2D eigenvalue weighted by Gasteiger charge is 2.13. The molecule has 1 aromatic carbocycles. The Bertz CT molecular complexity index is 516. The van der Waals surface area contributed by atoms with Crippen LogP contribution >= 0.6 is 0 Å². The zero-order valence-electron chi connectivity index (χ0n) is 9.15. The molecule has 0 radical (unpaired) electrons. The number of halogens is 2. The second kappa shape index (κ2) is 4.50. The van der Waals surface area contributed by atoms with E-state index in [1.807, 2.05) is 0 Å². The summed E-state index contributed by atoms with van der Waals surface area (Å²) < 4.78 is 33.6. The topological polar surface area (TPSA) is 53.1 Å². The summed E-state index contributed by atoms with van der Waals surface area (Å²) in [6.07, 6.45) is 2.88. The van der Waals surface area contributed by atoms with Crippen molar-refractivity contribution in [1.82, 2.24) is 9.78 Å². The number of rotatable bonds is 3. The van der Waals surface area contributed by atoms with Gasteiger partial charge in [-0.15, -0.1) is 0 Å².